The molecule has 0 saturated heterocycles. The number of aliphatic hydroxyl groups excluding tert-OH is 1. The first-order valence-electron chi connectivity index (χ1n) is 9.04. The van der Waals surface area contributed by atoms with Crippen molar-refractivity contribution in [2.24, 2.45) is 0 Å². The van der Waals surface area contributed by atoms with E-state index >= 15 is 0 Å². The molecule has 0 fully saturated rings. The molecule has 0 bridgehead atoms. The number of rotatable bonds is 4. The Morgan fingerprint density at radius 3 is 2.67 bits per heavy atom. The second-order valence-electron chi connectivity index (χ2n) is 7.60. The van der Waals surface area contributed by atoms with E-state index in [0.717, 1.165) is 11.3 Å². The molecule has 1 aliphatic heterocycles. The minimum absolute atomic E-state index is 0.0529. The van der Waals surface area contributed by atoms with E-state index in [-0.39, 0.29) is 12.7 Å². The Balaban J connectivity index is 1.82. The molecule has 0 radical (unpaired) electrons. The maximum atomic E-state index is 12.1. The van der Waals surface area contributed by atoms with Gasteiger partial charge in [-0.25, -0.2) is 4.79 Å². The molecule has 2 N–H and O–H groups in total. The van der Waals surface area contributed by atoms with Crippen molar-refractivity contribution in [1.82, 2.24) is 0 Å². The summed E-state index contributed by atoms with van der Waals surface area (Å²) in [6.07, 6.45) is -0.784. The SMILES string of the molecule is CC(C)(C)OC(=O)Nc1ccc2c(c1)N(Cc1ccccc1)C[C@H](CO)O2. The van der Waals surface area contributed by atoms with Crippen molar-refractivity contribution in [2.75, 3.05) is 23.4 Å². The van der Waals surface area contributed by atoms with Crippen molar-refractivity contribution in [1.29, 1.82) is 0 Å². The first-order chi connectivity index (χ1) is 12.8. The standard InChI is InChI=1S/C21H26N2O4/c1-21(2,3)27-20(25)22-16-9-10-19-18(11-16)23(13-17(14-24)26-19)12-15-7-5-4-6-8-15/h4-11,17,24H,12-14H2,1-3H3,(H,22,25)/t17-/m1/s1. The van der Waals surface area contributed by atoms with E-state index < -0.39 is 11.7 Å². The first kappa shape index (κ1) is 19.0. The lowest BCUT2D eigenvalue weighted by Crippen LogP contribution is -2.41. The average Bonchev–Trinajstić information content (AvgIpc) is 2.61. The maximum Gasteiger partial charge on any atom is 0.412 e. The number of aliphatic hydroxyl groups is 1. The van der Waals surface area contributed by atoms with Crippen LogP contribution < -0.4 is 15.0 Å². The molecule has 27 heavy (non-hydrogen) atoms. The monoisotopic (exact) mass is 370 g/mol. The number of amides is 1. The quantitative estimate of drug-likeness (QED) is 0.857. The predicted molar refractivity (Wildman–Crippen MR) is 105 cm³/mol. The minimum Gasteiger partial charge on any atom is -0.484 e. The lowest BCUT2D eigenvalue weighted by Gasteiger charge is -2.36. The normalized spacial score (nSPS) is 16.3. The van der Waals surface area contributed by atoms with Gasteiger partial charge in [0.15, 0.2) is 0 Å². The number of nitrogens with zero attached hydrogens (tertiary/aromatic N) is 1. The van der Waals surface area contributed by atoms with Gasteiger partial charge in [-0.1, -0.05) is 30.3 Å². The summed E-state index contributed by atoms with van der Waals surface area (Å²) in [5.74, 6) is 0.686. The number of anilines is 2. The fraction of sp³-hybridized carbons (Fsp3) is 0.381. The molecule has 6 nitrogen and oxygen atoms in total. The van der Waals surface area contributed by atoms with Gasteiger partial charge in [-0.2, -0.15) is 0 Å². The molecule has 0 saturated carbocycles. The Kier molecular flexibility index (Phi) is 5.56. The third-order valence-corrected chi connectivity index (χ3v) is 4.08. The summed E-state index contributed by atoms with van der Waals surface area (Å²) in [6.45, 7) is 6.66. The predicted octanol–water partition coefficient (Wildman–Crippen LogP) is 3.79. The second kappa shape index (κ2) is 7.88. The van der Waals surface area contributed by atoms with Crippen LogP contribution in [-0.4, -0.2) is 36.1 Å². The smallest absolute Gasteiger partial charge is 0.412 e. The molecule has 0 unspecified atom stereocenters. The molecule has 1 aliphatic rings. The van der Waals surface area contributed by atoms with E-state index in [0.29, 0.717) is 24.5 Å². The molecule has 2 aromatic carbocycles. The lowest BCUT2D eigenvalue weighted by molar-refractivity contribution is 0.0636. The molecule has 6 heteroatoms. The van der Waals surface area contributed by atoms with Crippen molar-refractivity contribution in [2.45, 2.75) is 39.0 Å². The van der Waals surface area contributed by atoms with Crippen LogP contribution in [0.4, 0.5) is 16.2 Å². The van der Waals surface area contributed by atoms with Crippen LogP contribution in [0.15, 0.2) is 48.5 Å². The summed E-state index contributed by atoms with van der Waals surface area (Å²) in [7, 11) is 0. The molecule has 0 spiro atoms. The van der Waals surface area contributed by atoms with Crippen LogP contribution in [0.25, 0.3) is 0 Å². The number of fused-ring (bicyclic) bond motifs is 1. The zero-order chi connectivity index (χ0) is 19.4. The van der Waals surface area contributed by atoms with Crippen molar-refractivity contribution in [3.63, 3.8) is 0 Å². The van der Waals surface area contributed by atoms with Gasteiger partial charge in [0.25, 0.3) is 0 Å². The lowest BCUT2D eigenvalue weighted by atomic mass is 10.1. The summed E-state index contributed by atoms with van der Waals surface area (Å²) < 4.78 is 11.2. The largest absolute Gasteiger partial charge is 0.484 e. The van der Waals surface area contributed by atoms with Gasteiger partial charge in [-0.3, -0.25) is 5.32 Å². The Bertz CT molecular complexity index is 787. The molecular formula is C21H26N2O4. The fourth-order valence-corrected chi connectivity index (χ4v) is 2.97. The van der Waals surface area contributed by atoms with Crippen LogP contribution in [0.1, 0.15) is 26.3 Å². The van der Waals surface area contributed by atoms with E-state index in [2.05, 4.69) is 22.3 Å². The van der Waals surface area contributed by atoms with Crippen molar-refractivity contribution in [3.05, 3.63) is 54.1 Å². The summed E-state index contributed by atoms with van der Waals surface area (Å²) in [5, 5.41) is 12.3. The highest BCUT2D eigenvalue weighted by atomic mass is 16.6. The van der Waals surface area contributed by atoms with Crippen molar-refractivity contribution in [3.8, 4) is 5.75 Å². The van der Waals surface area contributed by atoms with Crippen LogP contribution in [-0.2, 0) is 11.3 Å². The molecular weight excluding hydrogens is 344 g/mol. The first-order valence-corrected chi connectivity index (χ1v) is 9.04. The van der Waals surface area contributed by atoms with E-state index in [4.69, 9.17) is 9.47 Å². The Morgan fingerprint density at radius 1 is 1.26 bits per heavy atom. The van der Waals surface area contributed by atoms with E-state index in [9.17, 15) is 9.90 Å². The minimum atomic E-state index is -0.560. The molecule has 144 valence electrons. The van der Waals surface area contributed by atoms with Crippen LogP contribution in [0.5, 0.6) is 5.75 Å². The number of carbonyl (C=O) groups is 1. The van der Waals surface area contributed by atoms with Gasteiger partial charge in [-0.05, 0) is 44.5 Å². The number of carbonyl (C=O) groups excluding carboxylic acids is 1. The topological polar surface area (TPSA) is 71.0 Å². The van der Waals surface area contributed by atoms with Gasteiger partial charge < -0.3 is 19.5 Å². The zero-order valence-corrected chi connectivity index (χ0v) is 15.9. The number of hydrogen-bond donors (Lipinski definition) is 2. The second-order valence-corrected chi connectivity index (χ2v) is 7.60. The summed E-state index contributed by atoms with van der Waals surface area (Å²) in [4.78, 5) is 14.2. The Hall–Kier alpha value is -2.73. The van der Waals surface area contributed by atoms with Gasteiger partial charge >= 0.3 is 6.09 Å². The van der Waals surface area contributed by atoms with Crippen LogP contribution in [0.2, 0.25) is 0 Å². The maximum absolute atomic E-state index is 12.1. The molecule has 1 amide bonds. The number of nitrogens with one attached hydrogen (secondary N) is 1. The van der Waals surface area contributed by atoms with Gasteiger partial charge in [0.05, 0.1) is 18.8 Å². The van der Waals surface area contributed by atoms with E-state index in [1.807, 2.05) is 51.1 Å². The molecule has 3 rings (SSSR count). The highest BCUT2D eigenvalue weighted by molar-refractivity contribution is 5.86. The summed E-state index contributed by atoms with van der Waals surface area (Å²) >= 11 is 0. The third-order valence-electron chi connectivity index (χ3n) is 4.08. The number of benzene rings is 2. The number of ether oxygens (including phenoxy) is 2. The molecule has 0 aliphatic carbocycles. The van der Waals surface area contributed by atoms with Gasteiger partial charge in [0.1, 0.15) is 17.5 Å². The molecule has 2 aromatic rings. The Labute approximate surface area is 159 Å². The van der Waals surface area contributed by atoms with E-state index in [1.54, 1.807) is 6.07 Å². The molecule has 1 heterocycles. The highest BCUT2D eigenvalue weighted by Gasteiger charge is 2.26. The van der Waals surface area contributed by atoms with Crippen molar-refractivity contribution < 1.29 is 19.4 Å². The zero-order valence-electron chi connectivity index (χ0n) is 15.9. The Morgan fingerprint density at radius 2 is 2.00 bits per heavy atom. The third kappa shape index (κ3) is 5.14. The molecule has 1 atom stereocenters. The van der Waals surface area contributed by atoms with Crippen LogP contribution in [0.3, 0.4) is 0 Å². The van der Waals surface area contributed by atoms with Crippen LogP contribution >= 0.6 is 0 Å². The highest BCUT2D eigenvalue weighted by Crippen LogP contribution is 2.36. The van der Waals surface area contributed by atoms with Gasteiger partial charge in [0.2, 0.25) is 0 Å². The van der Waals surface area contributed by atoms with Gasteiger partial charge in [0, 0.05) is 12.2 Å². The van der Waals surface area contributed by atoms with E-state index in [1.165, 1.54) is 0 Å². The van der Waals surface area contributed by atoms with Crippen LogP contribution in [0, 0.1) is 0 Å². The van der Waals surface area contributed by atoms with Gasteiger partial charge in [-0.15, -0.1) is 0 Å². The molecule has 0 aromatic heterocycles. The average molecular weight is 370 g/mol. The summed E-state index contributed by atoms with van der Waals surface area (Å²) in [6, 6.07) is 15.6. The van der Waals surface area contributed by atoms with Crippen molar-refractivity contribution >= 4 is 17.5 Å². The number of hydrogen-bond acceptors (Lipinski definition) is 5. The fourth-order valence-electron chi connectivity index (χ4n) is 2.97. The summed E-state index contributed by atoms with van der Waals surface area (Å²) in [5.41, 5.74) is 2.10.